The van der Waals surface area contributed by atoms with Gasteiger partial charge in [0.15, 0.2) is 5.03 Å². The van der Waals surface area contributed by atoms with Crippen LogP contribution in [0.5, 0.6) is 0 Å². The second kappa shape index (κ2) is 5.75. The molecule has 1 saturated carbocycles. The van der Waals surface area contributed by atoms with Crippen molar-refractivity contribution in [3.63, 3.8) is 0 Å². The van der Waals surface area contributed by atoms with Crippen molar-refractivity contribution >= 4 is 15.7 Å². The number of rotatable bonds is 5. The van der Waals surface area contributed by atoms with Gasteiger partial charge in [-0.1, -0.05) is 0 Å². The zero-order valence-corrected chi connectivity index (χ0v) is 13.6. The Morgan fingerprint density at radius 1 is 1.12 bits per heavy atom. The minimum absolute atomic E-state index is 0.158. The van der Waals surface area contributed by atoms with Crippen molar-refractivity contribution in [1.29, 1.82) is 0 Å². The van der Waals surface area contributed by atoms with Crippen LogP contribution in [0, 0.1) is 0 Å². The van der Waals surface area contributed by atoms with Gasteiger partial charge in [-0.3, -0.25) is 9.71 Å². The van der Waals surface area contributed by atoms with Crippen LogP contribution in [0.25, 0.3) is 5.69 Å². The second-order valence-corrected chi connectivity index (χ2v) is 7.28. The number of nitrogens with one attached hydrogen (secondary N) is 1. The molecule has 1 aliphatic carbocycles. The van der Waals surface area contributed by atoms with Gasteiger partial charge in [0.1, 0.15) is 0 Å². The first kappa shape index (κ1) is 14.9. The monoisotopic (exact) mass is 344 g/mol. The molecule has 1 fully saturated rings. The molecule has 0 saturated heterocycles. The second-order valence-electron chi connectivity index (χ2n) is 5.65. The molecule has 3 aromatic rings. The third kappa shape index (κ3) is 2.56. The van der Waals surface area contributed by atoms with Crippen molar-refractivity contribution in [2.45, 2.75) is 30.3 Å². The highest BCUT2D eigenvalue weighted by molar-refractivity contribution is 7.92. The minimum Gasteiger partial charge on any atom is -0.275 e. The van der Waals surface area contributed by atoms with Gasteiger partial charge in [-0.25, -0.2) is 9.36 Å². The summed E-state index contributed by atoms with van der Waals surface area (Å²) in [4.78, 5) is 4.02. The Morgan fingerprint density at radius 2 is 2.00 bits per heavy atom. The Balaban J connectivity index is 1.70. The SMILES string of the molecule is O=S(=O)(Nc1cnccc1-n1cccn1)c1ccnn1C1CCC1. The largest absolute Gasteiger partial charge is 0.279 e. The van der Waals surface area contributed by atoms with Crippen LogP contribution in [-0.2, 0) is 10.0 Å². The molecule has 9 heteroatoms. The van der Waals surface area contributed by atoms with Crippen molar-refractivity contribution in [2.75, 3.05) is 4.72 Å². The standard InChI is InChI=1S/C15H16N6O2S/c22-24(23,15-6-9-18-21(15)12-3-1-4-12)19-13-11-16-8-5-14(13)20-10-2-7-17-20/h2,5-12,19H,1,3-4H2. The molecule has 1 N–H and O–H groups in total. The molecule has 0 aromatic carbocycles. The number of pyridine rings is 1. The van der Waals surface area contributed by atoms with E-state index in [2.05, 4.69) is 19.9 Å². The summed E-state index contributed by atoms with van der Waals surface area (Å²) in [6.45, 7) is 0. The van der Waals surface area contributed by atoms with Gasteiger partial charge in [0.05, 0.1) is 29.8 Å². The predicted octanol–water partition coefficient (Wildman–Crippen LogP) is 1.99. The Bertz CT molecular complexity index is 944. The summed E-state index contributed by atoms with van der Waals surface area (Å²) in [7, 11) is -3.77. The fourth-order valence-corrected chi connectivity index (χ4v) is 3.93. The first-order valence-electron chi connectivity index (χ1n) is 7.65. The van der Waals surface area contributed by atoms with Crippen molar-refractivity contribution < 1.29 is 8.42 Å². The van der Waals surface area contributed by atoms with Crippen LogP contribution in [0.2, 0.25) is 0 Å². The average molecular weight is 344 g/mol. The molecule has 124 valence electrons. The molecule has 1 aliphatic rings. The lowest BCUT2D eigenvalue weighted by Gasteiger charge is -2.27. The molecule has 0 amide bonds. The van der Waals surface area contributed by atoms with Crippen LogP contribution in [0.1, 0.15) is 25.3 Å². The number of aromatic nitrogens is 5. The molecule has 24 heavy (non-hydrogen) atoms. The van der Waals surface area contributed by atoms with E-state index in [9.17, 15) is 8.42 Å². The average Bonchev–Trinajstić information content (AvgIpc) is 3.17. The maximum Gasteiger partial charge on any atom is 0.279 e. The quantitative estimate of drug-likeness (QED) is 0.764. The Morgan fingerprint density at radius 3 is 2.71 bits per heavy atom. The number of anilines is 1. The third-order valence-corrected chi connectivity index (χ3v) is 5.49. The number of sulfonamides is 1. The summed E-state index contributed by atoms with van der Waals surface area (Å²) in [6, 6.07) is 5.15. The van der Waals surface area contributed by atoms with E-state index in [0.717, 1.165) is 19.3 Å². The van der Waals surface area contributed by atoms with Gasteiger partial charge >= 0.3 is 0 Å². The van der Waals surface area contributed by atoms with E-state index >= 15 is 0 Å². The fourth-order valence-electron chi connectivity index (χ4n) is 2.69. The predicted molar refractivity (Wildman–Crippen MR) is 87.3 cm³/mol. The maximum atomic E-state index is 12.8. The van der Waals surface area contributed by atoms with Crippen LogP contribution in [-0.4, -0.2) is 33.0 Å². The highest BCUT2D eigenvalue weighted by Gasteiger charge is 2.28. The number of hydrogen-bond donors (Lipinski definition) is 1. The van der Waals surface area contributed by atoms with E-state index in [1.807, 2.05) is 0 Å². The summed E-state index contributed by atoms with van der Waals surface area (Å²) in [5.41, 5.74) is 0.968. The first-order valence-corrected chi connectivity index (χ1v) is 9.14. The lowest BCUT2D eigenvalue weighted by Crippen LogP contribution is -2.25. The van der Waals surface area contributed by atoms with E-state index in [-0.39, 0.29) is 11.1 Å². The van der Waals surface area contributed by atoms with E-state index in [1.54, 1.807) is 40.1 Å². The van der Waals surface area contributed by atoms with E-state index in [1.165, 1.54) is 18.5 Å². The van der Waals surface area contributed by atoms with Crippen molar-refractivity contribution in [3.05, 3.63) is 49.2 Å². The van der Waals surface area contributed by atoms with Crippen LogP contribution in [0.15, 0.2) is 54.2 Å². The zero-order chi connectivity index (χ0) is 16.6. The topological polar surface area (TPSA) is 94.7 Å². The summed E-state index contributed by atoms with van der Waals surface area (Å²) in [5.74, 6) is 0. The lowest BCUT2D eigenvalue weighted by atomic mass is 9.93. The summed E-state index contributed by atoms with van der Waals surface area (Å²) < 4.78 is 31.4. The minimum atomic E-state index is -3.77. The van der Waals surface area contributed by atoms with Crippen LogP contribution < -0.4 is 4.72 Å². The van der Waals surface area contributed by atoms with Gasteiger partial charge < -0.3 is 0 Å². The molecule has 0 spiro atoms. The highest BCUT2D eigenvalue weighted by atomic mass is 32.2. The Labute approximate surface area is 139 Å². The third-order valence-electron chi connectivity index (χ3n) is 4.12. The Kier molecular flexibility index (Phi) is 3.57. The Hall–Kier alpha value is -2.68. The van der Waals surface area contributed by atoms with Gasteiger partial charge in [-0.15, -0.1) is 0 Å². The molecule has 8 nitrogen and oxygen atoms in total. The molecule has 0 atom stereocenters. The lowest BCUT2D eigenvalue weighted by molar-refractivity contribution is 0.271. The molecule has 0 radical (unpaired) electrons. The zero-order valence-electron chi connectivity index (χ0n) is 12.8. The fraction of sp³-hybridized carbons (Fsp3) is 0.267. The number of nitrogens with zero attached hydrogens (tertiary/aromatic N) is 5. The van der Waals surface area contributed by atoms with E-state index in [0.29, 0.717) is 11.4 Å². The summed E-state index contributed by atoms with van der Waals surface area (Å²) in [5, 5.41) is 8.50. The van der Waals surface area contributed by atoms with Gasteiger partial charge in [0.25, 0.3) is 10.0 Å². The normalized spacial score (nSPS) is 15.2. The van der Waals surface area contributed by atoms with Crippen molar-refractivity contribution in [2.24, 2.45) is 0 Å². The van der Waals surface area contributed by atoms with Crippen LogP contribution in [0.4, 0.5) is 5.69 Å². The van der Waals surface area contributed by atoms with E-state index in [4.69, 9.17) is 0 Å². The van der Waals surface area contributed by atoms with Gasteiger partial charge in [-0.05, 0) is 37.5 Å². The number of hydrogen-bond acceptors (Lipinski definition) is 5. The van der Waals surface area contributed by atoms with E-state index < -0.39 is 10.0 Å². The highest BCUT2D eigenvalue weighted by Crippen LogP contribution is 2.33. The molecule has 0 bridgehead atoms. The van der Waals surface area contributed by atoms with Gasteiger partial charge in [0, 0.05) is 18.6 Å². The molecule has 3 heterocycles. The molecule has 4 rings (SSSR count). The summed E-state index contributed by atoms with van der Waals surface area (Å²) in [6.07, 6.45) is 11.0. The van der Waals surface area contributed by atoms with Crippen molar-refractivity contribution in [1.82, 2.24) is 24.5 Å². The smallest absolute Gasteiger partial charge is 0.275 e. The molecular weight excluding hydrogens is 328 g/mol. The van der Waals surface area contributed by atoms with Gasteiger partial charge in [-0.2, -0.15) is 18.6 Å². The summed E-state index contributed by atoms with van der Waals surface area (Å²) >= 11 is 0. The first-order chi connectivity index (χ1) is 11.6. The van der Waals surface area contributed by atoms with Gasteiger partial charge in [0.2, 0.25) is 0 Å². The molecule has 0 aliphatic heterocycles. The van der Waals surface area contributed by atoms with Crippen LogP contribution >= 0.6 is 0 Å². The molecule has 0 unspecified atom stereocenters. The maximum absolute atomic E-state index is 12.8. The molecular formula is C15H16N6O2S. The molecule has 3 aromatic heterocycles. The van der Waals surface area contributed by atoms with Crippen molar-refractivity contribution in [3.8, 4) is 5.69 Å². The van der Waals surface area contributed by atoms with Crippen LogP contribution in [0.3, 0.4) is 0 Å².